The van der Waals surface area contributed by atoms with Crippen LogP contribution in [0.4, 0.5) is 0 Å². The molecule has 2 rings (SSSR count). The van der Waals surface area contributed by atoms with Gasteiger partial charge in [-0.2, -0.15) is 0 Å². The summed E-state index contributed by atoms with van der Waals surface area (Å²) >= 11 is 0. The highest BCUT2D eigenvalue weighted by Gasteiger charge is 2.20. The molecule has 4 nitrogen and oxygen atoms in total. The number of hydrogen-bond donors (Lipinski definition) is 0. The number of ether oxygens (including phenoxy) is 1. The second-order valence-corrected chi connectivity index (χ2v) is 7.20. The summed E-state index contributed by atoms with van der Waals surface area (Å²) < 4.78 is 27.8. The van der Waals surface area contributed by atoms with Gasteiger partial charge in [0.1, 0.15) is 6.10 Å². The molecule has 0 unspecified atom stereocenters. The summed E-state index contributed by atoms with van der Waals surface area (Å²) in [4.78, 5) is 11.8. The highest BCUT2D eigenvalue weighted by Crippen LogP contribution is 2.22. The third-order valence-corrected chi connectivity index (χ3v) is 4.53. The van der Waals surface area contributed by atoms with Crippen LogP contribution in [-0.4, -0.2) is 20.5 Å². The Balaban J connectivity index is 2.10. The molecular formula is C13H15ClO4S. The Bertz CT molecular complexity index is 562. The fourth-order valence-corrected chi connectivity index (χ4v) is 2.97. The van der Waals surface area contributed by atoms with Crippen molar-refractivity contribution in [3.63, 3.8) is 0 Å². The quantitative estimate of drug-likeness (QED) is 0.636. The van der Waals surface area contributed by atoms with E-state index in [0.29, 0.717) is 0 Å². The minimum Gasteiger partial charge on any atom is -0.459 e. The van der Waals surface area contributed by atoms with Gasteiger partial charge in [-0.1, -0.05) is 12.5 Å². The Morgan fingerprint density at radius 3 is 2.53 bits per heavy atom. The van der Waals surface area contributed by atoms with E-state index < -0.39 is 15.0 Å². The number of benzene rings is 1. The van der Waals surface area contributed by atoms with E-state index in [1.54, 1.807) is 0 Å². The van der Waals surface area contributed by atoms with Crippen molar-refractivity contribution in [1.82, 2.24) is 0 Å². The number of rotatable bonds is 3. The Kier molecular flexibility index (Phi) is 4.47. The summed E-state index contributed by atoms with van der Waals surface area (Å²) in [6.07, 6.45) is 4.99. The molecule has 0 saturated heterocycles. The van der Waals surface area contributed by atoms with E-state index in [9.17, 15) is 13.2 Å². The van der Waals surface area contributed by atoms with Crippen LogP contribution in [0.15, 0.2) is 29.2 Å². The van der Waals surface area contributed by atoms with Crippen LogP contribution >= 0.6 is 10.7 Å². The molecule has 1 saturated carbocycles. The summed E-state index contributed by atoms with van der Waals surface area (Å²) in [6.45, 7) is 0. The molecule has 0 N–H and O–H groups in total. The lowest BCUT2D eigenvalue weighted by molar-refractivity contribution is 0.0211. The molecule has 6 heteroatoms. The molecule has 1 aliphatic carbocycles. The first-order valence-electron chi connectivity index (χ1n) is 6.22. The molecule has 104 valence electrons. The maximum absolute atomic E-state index is 11.9. The van der Waals surface area contributed by atoms with Gasteiger partial charge in [-0.05, 0) is 43.9 Å². The van der Waals surface area contributed by atoms with Gasteiger partial charge in [-0.3, -0.25) is 0 Å². The molecule has 0 radical (unpaired) electrons. The van der Waals surface area contributed by atoms with Crippen LogP contribution in [0.1, 0.15) is 42.5 Å². The van der Waals surface area contributed by atoms with Gasteiger partial charge in [0, 0.05) is 10.7 Å². The maximum atomic E-state index is 11.9. The van der Waals surface area contributed by atoms with Crippen LogP contribution in [0, 0.1) is 0 Å². The Hall–Kier alpha value is -1.07. The second kappa shape index (κ2) is 5.92. The second-order valence-electron chi connectivity index (χ2n) is 4.63. The van der Waals surface area contributed by atoms with Crippen molar-refractivity contribution < 1.29 is 17.9 Å². The van der Waals surface area contributed by atoms with E-state index in [1.165, 1.54) is 30.7 Å². The molecule has 0 heterocycles. The smallest absolute Gasteiger partial charge is 0.338 e. The lowest BCUT2D eigenvalue weighted by atomic mass is 9.98. The Morgan fingerprint density at radius 1 is 1.21 bits per heavy atom. The molecule has 0 spiro atoms. The number of carbonyl (C=O) groups excluding carboxylic acids is 1. The standard InChI is InChI=1S/C13H15ClO4S/c14-19(16,17)12-8-4-5-10(9-12)13(15)18-11-6-2-1-3-7-11/h4-5,8-9,11H,1-3,6-7H2. The molecule has 0 aliphatic heterocycles. The Morgan fingerprint density at radius 2 is 1.89 bits per heavy atom. The first kappa shape index (κ1) is 14.3. The van der Waals surface area contributed by atoms with Crippen LogP contribution in [-0.2, 0) is 13.8 Å². The summed E-state index contributed by atoms with van der Waals surface area (Å²) in [5, 5.41) is 0. The number of hydrogen-bond acceptors (Lipinski definition) is 4. The molecule has 19 heavy (non-hydrogen) atoms. The lowest BCUT2D eigenvalue weighted by Gasteiger charge is -2.21. The first-order valence-corrected chi connectivity index (χ1v) is 8.53. The van der Waals surface area contributed by atoms with Gasteiger partial charge in [0.25, 0.3) is 9.05 Å². The minimum absolute atomic E-state index is 0.0579. The van der Waals surface area contributed by atoms with Crippen LogP contribution in [0.3, 0.4) is 0 Å². The predicted molar refractivity (Wildman–Crippen MR) is 71.8 cm³/mol. The van der Waals surface area contributed by atoms with E-state index in [2.05, 4.69) is 0 Å². The van der Waals surface area contributed by atoms with Gasteiger partial charge < -0.3 is 4.74 Å². The maximum Gasteiger partial charge on any atom is 0.338 e. The van der Waals surface area contributed by atoms with Crippen LogP contribution in [0.5, 0.6) is 0 Å². The van der Waals surface area contributed by atoms with Gasteiger partial charge in [0.05, 0.1) is 10.5 Å². The molecule has 1 aliphatic rings. The van der Waals surface area contributed by atoms with E-state index in [0.717, 1.165) is 25.7 Å². The average molecular weight is 303 g/mol. The van der Waals surface area contributed by atoms with E-state index in [-0.39, 0.29) is 16.6 Å². The average Bonchev–Trinajstić information content (AvgIpc) is 2.39. The highest BCUT2D eigenvalue weighted by atomic mass is 35.7. The van der Waals surface area contributed by atoms with E-state index in [4.69, 9.17) is 15.4 Å². The fraction of sp³-hybridized carbons (Fsp3) is 0.462. The molecule has 0 aromatic heterocycles. The molecule has 0 atom stereocenters. The van der Waals surface area contributed by atoms with Crippen molar-refractivity contribution in [2.45, 2.75) is 43.1 Å². The van der Waals surface area contributed by atoms with Crippen molar-refractivity contribution in [1.29, 1.82) is 0 Å². The molecular weight excluding hydrogens is 288 g/mol. The summed E-state index contributed by atoms with van der Waals surface area (Å²) in [5.41, 5.74) is 0.215. The number of halogens is 1. The topological polar surface area (TPSA) is 60.4 Å². The zero-order valence-electron chi connectivity index (χ0n) is 10.3. The fourth-order valence-electron chi connectivity index (χ4n) is 2.18. The van der Waals surface area contributed by atoms with Crippen molar-refractivity contribution in [3.8, 4) is 0 Å². The molecule has 1 aromatic carbocycles. The summed E-state index contributed by atoms with van der Waals surface area (Å²) in [7, 11) is 1.42. The van der Waals surface area contributed by atoms with Crippen molar-refractivity contribution >= 4 is 25.7 Å². The SMILES string of the molecule is O=C(OC1CCCCC1)c1cccc(S(=O)(=O)Cl)c1. The normalized spacial score (nSPS) is 17.1. The third kappa shape index (κ3) is 3.94. The van der Waals surface area contributed by atoms with Gasteiger partial charge in [-0.25, -0.2) is 13.2 Å². The zero-order chi connectivity index (χ0) is 13.9. The van der Waals surface area contributed by atoms with Crippen molar-refractivity contribution in [2.75, 3.05) is 0 Å². The van der Waals surface area contributed by atoms with E-state index in [1.807, 2.05) is 0 Å². The van der Waals surface area contributed by atoms with Crippen LogP contribution < -0.4 is 0 Å². The Labute approximate surface area is 117 Å². The van der Waals surface area contributed by atoms with Crippen molar-refractivity contribution in [3.05, 3.63) is 29.8 Å². The predicted octanol–water partition coefficient (Wildman–Crippen LogP) is 3.10. The monoisotopic (exact) mass is 302 g/mol. The van der Waals surface area contributed by atoms with Crippen LogP contribution in [0.25, 0.3) is 0 Å². The van der Waals surface area contributed by atoms with Crippen LogP contribution in [0.2, 0.25) is 0 Å². The largest absolute Gasteiger partial charge is 0.459 e. The number of carbonyl (C=O) groups is 1. The van der Waals surface area contributed by atoms with Gasteiger partial charge in [0.15, 0.2) is 0 Å². The zero-order valence-corrected chi connectivity index (χ0v) is 11.9. The first-order chi connectivity index (χ1) is 8.97. The number of esters is 1. The van der Waals surface area contributed by atoms with Gasteiger partial charge >= 0.3 is 5.97 Å². The molecule has 0 amide bonds. The van der Waals surface area contributed by atoms with Gasteiger partial charge in [-0.15, -0.1) is 0 Å². The molecule has 1 aromatic rings. The third-order valence-electron chi connectivity index (χ3n) is 3.18. The highest BCUT2D eigenvalue weighted by molar-refractivity contribution is 8.13. The van der Waals surface area contributed by atoms with Crippen molar-refractivity contribution in [2.24, 2.45) is 0 Å². The minimum atomic E-state index is -3.83. The lowest BCUT2D eigenvalue weighted by Crippen LogP contribution is -2.21. The van der Waals surface area contributed by atoms with Gasteiger partial charge in [0.2, 0.25) is 0 Å². The molecule has 1 fully saturated rings. The summed E-state index contributed by atoms with van der Waals surface area (Å²) in [5.74, 6) is -0.492. The van der Waals surface area contributed by atoms with E-state index >= 15 is 0 Å². The molecule has 0 bridgehead atoms. The summed E-state index contributed by atoms with van der Waals surface area (Å²) in [6, 6.07) is 5.59.